The Morgan fingerprint density at radius 2 is 2.32 bits per heavy atom. The second kappa shape index (κ2) is 5.54. The number of carboxylic acid groups (broad SMARTS) is 1. The molecule has 0 aliphatic heterocycles. The first-order valence-electron chi connectivity index (χ1n) is 5.41. The number of thioether (sulfide) groups is 1. The van der Waals surface area contributed by atoms with E-state index in [1.54, 1.807) is 29.9 Å². The number of halogens is 1. The fourth-order valence-corrected chi connectivity index (χ4v) is 2.91. The van der Waals surface area contributed by atoms with Crippen molar-refractivity contribution in [2.45, 2.75) is 10.6 Å². The van der Waals surface area contributed by atoms with Crippen LogP contribution >= 0.6 is 23.4 Å². The van der Waals surface area contributed by atoms with Crippen molar-refractivity contribution in [2.24, 2.45) is 7.05 Å². The number of carbonyl (C=O) groups is 1. The number of rotatable bonds is 4. The van der Waals surface area contributed by atoms with Gasteiger partial charge in [-0.3, -0.25) is 4.68 Å². The normalized spacial score (nSPS) is 10.6. The molecule has 0 atom stereocenters. The van der Waals surface area contributed by atoms with Gasteiger partial charge in [0.15, 0.2) is 0 Å². The molecule has 0 saturated carbocycles. The van der Waals surface area contributed by atoms with E-state index in [2.05, 4.69) is 5.10 Å². The van der Waals surface area contributed by atoms with Crippen molar-refractivity contribution in [3.63, 3.8) is 0 Å². The highest BCUT2D eigenvalue weighted by Crippen LogP contribution is 2.31. The van der Waals surface area contributed by atoms with Gasteiger partial charge in [0, 0.05) is 28.4 Å². The summed E-state index contributed by atoms with van der Waals surface area (Å²) in [6, 6.07) is 5.21. The summed E-state index contributed by atoms with van der Waals surface area (Å²) in [6.07, 6.45) is 1.35. The Balaban J connectivity index is 2.21. The van der Waals surface area contributed by atoms with Gasteiger partial charge in [0.25, 0.3) is 0 Å². The minimum atomic E-state index is -0.984. The Labute approximate surface area is 119 Å². The number of nitrogens with two attached hydrogens (primary N) is 1. The second-order valence-electron chi connectivity index (χ2n) is 3.90. The molecular weight excluding hydrogens is 286 g/mol. The average molecular weight is 298 g/mol. The van der Waals surface area contributed by atoms with Crippen LogP contribution in [-0.2, 0) is 12.8 Å². The number of aromatic nitrogens is 2. The molecule has 0 aliphatic carbocycles. The van der Waals surface area contributed by atoms with Gasteiger partial charge < -0.3 is 10.8 Å². The first-order valence-corrected chi connectivity index (χ1v) is 6.77. The van der Waals surface area contributed by atoms with Gasteiger partial charge in [-0.15, -0.1) is 11.8 Å². The molecule has 1 aromatic heterocycles. The van der Waals surface area contributed by atoms with E-state index in [0.717, 1.165) is 4.90 Å². The van der Waals surface area contributed by atoms with Crippen LogP contribution in [0.25, 0.3) is 0 Å². The topological polar surface area (TPSA) is 81.1 Å². The summed E-state index contributed by atoms with van der Waals surface area (Å²) in [6.45, 7) is 0. The first kappa shape index (κ1) is 13.8. The highest BCUT2D eigenvalue weighted by atomic mass is 35.5. The number of nitrogens with zero attached hydrogens (tertiary/aromatic N) is 2. The highest BCUT2D eigenvalue weighted by Gasteiger charge is 2.15. The van der Waals surface area contributed by atoms with Gasteiger partial charge >= 0.3 is 5.97 Å². The molecule has 0 aliphatic rings. The average Bonchev–Trinajstić information content (AvgIpc) is 2.72. The molecule has 0 saturated heterocycles. The van der Waals surface area contributed by atoms with Crippen LogP contribution in [0.2, 0.25) is 5.02 Å². The van der Waals surface area contributed by atoms with Crippen molar-refractivity contribution in [2.75, 3.05) is 5.73 Å². The molecule has 0 fully saturated rings. The van der Waals surface area contributed by atoms with Crippen molar-refractivity contribution >= 4 is 35.0 Å². The lowest BCUT2D eigenvalue weighted by Gasteiger charge is -2.07. The maximum atomic E-state index is 11.1. The predicted molar refractivity (Wildman–Crippen MR) is 75.6 cm³/mol. The van der Waals surface area contributed by atoms with Crippen LogP contribution in [0, 0.1) is 0 Å². The van der Waals surface area contributed by atoms with Crippen LogP contribution in [0.4, 0.5) is 5.69 Å². The zero-order valence-electron chi connectivity index (χ0n) is 10.1. The van der Waals surface area contributed by atoms with Gasteiger partial charge in [0.05, 0.1) is 11.9 Å². The Kier molecular flexibility index (Phi) is 4.01. The lowest BCUT2D eigenvalue weighted by atomic mass is 10.3. The van der Waals surface area contributed by atoms with Crippen LogP contribution in [-0.4, -0.2) is 20.9 Å². The van der Waals surface area contributed by atoms with Crippen LogP contribution < -0.4 is 5.73 Å². The molecular formula is C12H12ClN3O2S. The Morgan fingerprint density at radius 3 is 3.00 bits per heavy atom. The molecule has 1 aromatic carbocycles. The minimum absolute atomic E-state index is 0.204. The summed E-state index contributed by atoms with van der Waals surface area (Å²) in [5.41, 5.74) is 7.31. The highest BCUT2D eigenvalue weighted by molar-refractivity contribution is 7.98. The van der Waals surface area contributed by atoms with Gasteiger partial charge in [0.2, 0.25) is 0 Å². The third-order valence-electron chi connectivity index (χ3n) is 2.63. The molecule has 0 unspecified atom stereocenters. The number of benzene rings is 1. The summed E-state index contributed by atoms with van der Waals surface area (Å²) >= 11 is 7.34. The molecule has 5 nitrogen and oxygen atoms in total. The second-order valence-corrected chi connectivity index (χ2v) is 5.36. The largest absolute Gasteiger partial charge is 0.478 e. The molecule has 0 spiro atoms. The van der Waals surface area contributed by atoms with Gasteiger partial charge in [-0.2, -0.15) is 5.10 Å². The van der Waals surface area contributed by atoms with E-state index in [1.807, 2.05) is 0 Å². The smallest absolute Gasteiger partial charge is 0.339 e. The zero-order chi connectivity index (χ0) is 14.0. The summed E-state index contributed by atoms with van der Waals surface area (Å²) in [7, 11) is 1.71. The number of aryl methyl sites for hydroxylation is 1. The number of hydrogen-bond acceptors (Lipinski definition) is 4. The first-order chi connectivity index (χ1) is 8.99. The standard InChI is InChI=1S/C12H12ClN3O2S/c1-16-10(8(5-15-16)12(17)18)6-19-11-4-7(13)2-3-9(11)14/h2-5H,6,14H2,1H3,(H,17,18). The summed E-state index contributed by atoms with van der Waals surface area (Å²) in [5, 5.41) is 13.6. The van der Waals surface area contributed by atoms with E-state index in [9.17, 15) is 4.79 Å². The molecule has 7 heteroatoms. The monoisotopic (exact) mass is 297 g/mol. The van der Waals surface area contributed by atoms with Crippen molar-refractivity contribution in [1.29, 1.82) is 0 Å². The Hall–Kier alpha value is -1.66. The fraction of sp³-hybridized carbons (Fsp3) is 0.167. The maximum absolute atomic E-state index is 11.1. The van der Waals surface area contributed by atoms with Crippen molar-refractivity contribution in [3.8, 4) is 0 Å². The van der Waals surface area contributed by atoms with Crippen molar-refractivity contribution < 1.29 is 9.90 Å². The van der Waals surface area contributed by atoms with E-state index < -0.39 is 5.97 Å². The van der Waals surface area contributed by atoms with Crippen molar-refractivity contribution in [3.05, 3.63) is 40.7 Å². The maximum Gasteiger partial charge on any atom is 0.339 e. The van der Waals surface area contributed by atoms with E-state index in [-0.39, 0.29) is 5.56 Å². The summed E-state index contributed by atoms with van der Waals surface area (Å²) < 4.78 is 1.55. The number of aromatic carboxylic acids is 1. The summed E-state index contributed by atoms with van der Waals surface area (Å²) in [4.78, 5) is 11.9. The molecule has 2 aromatic rings. The molecule has 3 N–H and O–H groups in total. The molecule has 19 heavy (non-hydrogen) atoms. The van der Waals surface area contributed by atoms with E-state index in [0.29, 0.717) is 22.2 Å². The quantitative estimate of drug-likeness (QED) is 0.670. The Morgan fingerprint density at radius 1 is 1.58 bits per heavy atom. The third kappa shape index (κ3) is 3.02. The molecule has 1 heterocycles. The van der Waals surface area contributed by atoms with Gasteiger partial charge in [-0.25, -0.2) is 4.79 Å². The molecule has 100 valence electrons. The third-order valence-corrected chi connectivity index (χ3v) is 3.95. The number of carboxylic acids is 1. The SMILES string of the molecule is Cn1ncc(C(=O)O)c1CSc1cc(Cl)ccc1N. The lowest BCUT2D eigenvalue weighted by molar-refractivity contribution is 0.0696. The molecule has 2 rings (SSSR count). The Bertz CT molecular complexity index is 627. The molecule has 0 amide bonds. The van der Waals surface area contributed by atoms with Gasteiger partial charge in [-0.05, 0) is 18.2 Å². The van der Waals surface area contributed by atoms with Crippen LogP contribution in [0.1, 0.15) is 16.1 Å². The summed E-state index contributed by atoms with van der Waals surface area (Å²) in [5.74, 6) is -0.523. The fourth-order valence-electron chi connectivity index (χ4n) is 1.59. The number of nitrogen functional groups attached to an aromatic ring is 1. The lowest BCUT2D eigenvalue weighted by Crippen LogP contribution is -2.03. The van der Waals surface area contributed by atoms with E-state index in [4.69, 9.17) is 22.4 Å². The van der Waals surface area contributed by atoms with Crippen LogP contribution in [0.15, 0.2) is 29.3 Å². The van der Waals surface area contributed by atoms with Gasteiger partial charge in [-0.1, -0.05) is 11.6 Å². The minimum Gasteiger partial charge on any atom is -0.478 e. The van der Waals surface area contributed by atoms with Gasteiger partial charge in [0.1, 0.15) is 5.56 Å². The van der Waals surface area contributed by atoms with Crippen LogP contribution in [0.3, 0.4) is 0 Å². The van der Waals surface area contributed by atoms with E-state index in [1.165, 1.54) is 18.0 Å². The van der Waals surface area contributed by atoms with E-state index >= 15 is 0 Å². The zero-order valence-corrected chi connectivity index (χ0v) is 11.7. The predicted octanol–water partition coefficient (Wildman–Crippen LogP) is 2.65. The van der Waals surface area contributed by atoms with Crippen LogP contribution in [0.5, 0.6) is 0 Å². The molecule has 0 bridgehead atoms. The van der Waals surface area contributed by atoms with Crippen molar-refractivity contribution in [1.82, 2.24) is 9.78 Å². The number of anilines is 1. The number of hydrogen-bond donors (Lipinski definition) is 2. The molecule has 0 radical (unpaired) electrons.